The number of fused-ring (bicyclic) bond motifs is 1. The molecule has 1 fully saturated rings. The molecule has 2 N–H and O–H groups in total. The first-order chi connectivity index (χ1) is 7.27. The number of nitrogens with two attached hydrogens (primary N) is 1. The van der Waals surface area contributed by atoms with Crippen LogP contribution < -0.4 is 5.73 Å². The minimum atomic E-state index is 0.118. The van der Waals surface area contributed by atoms with Gasteiger partial charge in [0.05, 0.1) is 0 Å². The van der Waals surface area contributed by atoms with Crippen molar-refractivity contribution >= 4 is 5.65 Å². The van der Waals surface area contributed by atoms with Gasteiger partial charge in [0.2, 0.25) is 0 Å². The smallest absolute Gasteiger partial charge is 0.158 e. The van der Waals surface area contributed by atoms with E-state index in [0.29, 0.717) is 0 Å². The van der Waals surface area contributed by atoms with Crippen molar-refractivity contribution in [3.05, 3.63) is 30.2 Å². The highest BCUT2D eigenvalue weighted by Gasteiger charge is 2.37. The summed E-state index contributed by atoms with van der Waals surface area (Å²) < 4.78 is 1.81. The summed E-state index contributed by atoms with van der Waals surface area (Å²) in [5, 5.41) is 4.11. The molecule has 0 aliphatic heterocycles. The Kier molecular flexibility index (Phi) is 1.79. The number of aryl methyl sites for hydroxylation is 1. The van der Waals surface area contributed by atoms with E-state index in [0.717, 1.165) is 18.5 Å². The number of rotatable bonds is 3. The minimum Gasteiger partial charge on any atom is -0.325 e. The maximum Gasteiger partial charge on any atom is 0.158 e. The highest BCUT2D eigenvalue weighted by molar-refractivity contribution is 5.46. The molecule has 2 heterocycles. The lowest BCUT2D eigenvalue weighted by molar-refractivity contribution is 0.609. The van der Waals surface area contributed by atoms with Crippen LogP contribution in [0, 0.1) is 0 Å². The van der Waals surface area contributed by atoms with Crippen LogP contribution in [0.15, 0.2) is 24.7 Å². The first-order valence-corrected chi connectivity index (χ1v) is 5.33. The summed E-state index contributed by atoms with van der Waals surface area (Å²) >= 11 is 0. The number of nitrogens with zero attached hydrogens (tertiary/aromatic N) is 3. The molecule has 1 aliphatic rings. The molecule has 2 aromatic rings. The molecule has 0 radical (unpaired) electrons. The van der Waals surface area contributed by atoms with Crippen LogP contribution in [0.5, 0.6) is 0 Å². The Morgan fingerprint density at radius 3 is 3.13 bits per heavy atom. The Labute approximate surface area is 88.1 Å². The summed E-state index contributed by atoms with van der Waals surface area (Å²) in [6.45, 7) is 0. The third-order valence-electron chi connectivity index (χ3n) is 3.17. The van der Waals surface area contributed by atoms with Crippen molar-refractivity contribution < 1.29 is 0 Å². The van der Waals surface area contributed by atoms with Crippen LogP contribution >= 0.6 is 0 Å². The van der Waals surface area contributed by atoms with Crippen LogP contribution in [0.3, 0.4) is 0 Å². The van der Waals surface area contributed by atoms with Gasteiger partial charge >= 0.3 is 0 Å². The van der Waals surface area contributed by atoms with Crippen molar-refractivity contribution in [3.8, 4) is 0 Å². The van der Waals surface area contributed by atoms with E-state index in [2.05, 4.69) is 16.1 Å². The molecule has 0 spiro atoms. The van der Waals surface area contributed by atoms with Gasteiger partial charge < -0.3 is 5.73 Å². The average Bonchev–Trinajstić information content (AvgIpc) is 2.80. The molecule has 0 amide bonds. The third kappa shape index (κ3) is 1.61. The number of hydrogen-bond donors (Lipinski definition) is 1. The predicted molar refractivity (Wildman–Crippen MR) is 57.5 cm³/mol. The van der Waals surface area contributed by atoms with Gasteiger partial charge in [0.15, 0.2) is 5.65 Å². The van der Waals surface area contributed by atoms with E-state index >= 15 is 0 Å². The Morgan fingerprint density at radius 2 is 2.33 bits per heavy atom. The second-order valence-corrected chi connectivity index (χ2v) is 4.42. The van der Waals surface area contributed by atoms with Crippen molar-refractivity contribution in [1.29, 1.82) is 0 Å². The highest BCUT2D eigenvalue weighted by atomic mass is 15.3. The van der Waals surface area contributed by atoms with Crippen molar-refractivity contribution in [2.45, 2.75) is 31.2 Å². The first kappa shape index (κ1) is 8.85. The van der Waals surface area contributed by atoms with Gasteiger partial charge in [-0.25, -0.2) is 9.50 Å². The van der Waals surface area contributed by atoms with Gasteiger partial charge in [-0.3, -0.25) is 0 Å². The SMILES string of the molecule is NC1(CCc2cccn3ncnc23)CC1. The second kappa shape index (κ2) is 3.03. The zero-order chi connectivity index (χ0) is 10.3. The van der Waals surface area contributed by atoms with Gasteiger partial charge in [-0.15, -0.1) is 0 Å². The summed E-state index contributed by atoms with van der Waals surface area (Å²) in [5.74, 6) is 0. The molecular weight excluding hydrogens is 188 g/mol. The Bertz CT molecular complexity index is 484. The fourth-order valence-electron chi connectivity index (χ4n) is 1.89. The summed E-state index contributed by atoms with van der Waals surface area (Å²) in [6.07, 6.45) is 7.90. The molecule has 0 atom stereocenters. The second-order valence-electron chi connectivity index (χ2n) is 4.42. The maximum atomic E-state index is 6.07. The largest absolute Gasteiger partial charge is 0.325 e. The van der Waals surface area contributed by atoms with E-state index < -0.39 is 0 Å². The van der Waals surface area contributed by atoms with Crippen LogP contribution in [0.4, 0.5) is 0 Å². The van der Waals surface area contributed by atoms with E-state index in [4.69, 9.17) is 5.73 Å². The van der Waals surface area contributed by atoms with Gasteiger partial charge in [0, 0.05) is 11.7 Å². The standard InChI is InChI=1S/C11H14N4/c12-11(5-6-11)4-3-9-2-1-7-15-10(9)13-8-14-15/h1-2,7-8H,3-6,12H2. The molecule has 3 rings (SSSR count). The van der Waals surface area contributed by atoms with Gasteiger partial charge in [-0.05, 0) is 37.3 Å². The van der Waals surface area contributed by atoms with E-state index in [9.17, 15) is 0 Å². The molecule has 0 aromatic carbocycles. The van der Waals surface area contributed by atoms with Crippen molar-refractivity contribution in [2.75, 3.05) is 0 Å². The normalized spacial score (nSPS) is 18.2. The molecule has 2 aromatic heterocycles. The fraction of sp³-hybridized carbons (Fsp3) is 0.455. The van der Waals surface area contributed by atoms with Crippen molar-refractivity contribution in [1.82, 2.24) is 14.6 Å². The molecule has 4 heteroatoms. The van der Waals surface area contributed by atoms with Crippen LogP contribution in [0.1, 0.15) is 24.8 Å². The molecule has 1 aliphatic carbocycles. The molecule has 0 saturated heterocycles. The number of pyridine rings is 1. The van der Waals surface area contributed by atoms with Crippen LogP contribution in [0.25, 0.3) is 5.65 Å². The Morgan fingerprint density at radius 1 is 1.47 bits per heavy atom. The molecule has 1 saturated carbocycles. The van der Waals surface area contributed by atoms with Crippen molar-refractivity contribution in [2.24, 2.45) is 5.73 Å². The highest BCUT2D eigenvalue weighted by Crippen LogP contribution is 2.36. The molecule has 0 unspecified atom stereocenters. The Balaban J connectivity index is 1.86. The maximum absolute atomic E-state index is 6.07. The predicted octanol–water partition coefficient (Wildman–Crippen LogP) is 1.15. The molecule has 0 bridgehead atoms. The lowest BCUT2D eigenvalue weighted by Crippen LogP contribution is -2.22. The third-order valence-corrected chi connectivity index (χ3v) is 3.17. The zero-order valence-corrected chi connectivity index (χ0v) is 8.56. The first-order valence-electron chi connectivity index (χ1n) is 5.33. The quantitative estimate of drug-likeness (QED) is 0.812. The van der Waals surface area contributed by atoms with E-state index in [-0.39, 0.29) is 5.54 Å². The van der Waals surface area contributed by atoms with Crippen LogP contribution in [0.2, 0.25) is 0 Å². The molecule has 78 valence electrons. The van der Waals surface area contributed by atoms with Crippen molar-refractivity contribution in [3.63, 3.8) is 0 Å². The topological polar surface area (TPSA) is 56.2 Å². The van der Waals surface area contributed by atoms with Gasteiger partial charge in [0.1, 0.15) is 6.33 Å². The van der Waals surface area contributed by atoms with Gasteiger partial charge in [-0.1, -0.05) is 6.07 Å². The average molecular weight is 202 g/mol. The summed E-state index contributed by atoms with van der Waals surface area (Å²) in [7, 11) is 0. The molecule has 4 nitrogen and oxygen atoms in total. The Hall–Kier alpha value is -1.42. The van der Waals surface area contributed by atoms with Crippen LogP contribution in [-0.4, -0.2) is 20.1 Å². The summed E-state index contributed by atoms with van der Waals surface area (Å²) in [5.41, 5.74) is 8.39. The van der Waals surface area contributed by atoms with E-state index in [1.165, 1.54) is 18.4 Å². The molecule has 15 heavy (non-hydrogen) atoms. The van der Waals surface area contributed by atoms with Gasteiger partial charge in [-0.2, -0.15) is 5.10 Å². The lowest BCUT2D eigenvalue weighted by atomic mass is 10.1. The monoisotopic (exact) mass is 202 g/mol. The zero-order valence-electron chi connectivity index (χ0n) is 8.56. The van der Waals surface area contributed by atoms with Gasteiger partial charge in [0.25, 0.3) is 0 Å². The number of aromatic nitrogens is 3. The minimum absolute atomic E-state index is 0.118. The number of hydrogen-bond acceptors (Lipinski definition) is 3. The van der Waals surface area contributed by atoms with E-state index in [1.807, 2.05) is 16.8 Å². The fourth-order valence-corrected chi connectivity index (χ4v) is 1.89. The molecular formula is C11H14N4. The van der Waals surface area contributed by atoms with Crippen LogP contribution in [-0.2, 0) is 6.42 Å². The summed E-state index contributed by atoms with van der Waals surface area (Å²) in [4.78, 5) is 4.25. The summed E-state index contributed by atoms with van der Waals surface area (Å²) in [6, 6.07) is 4.11. The van der Waals surface area contributed by atoms with E-state index in [1.54, 1.807) is 6.33 Å². The lowest BCUT2D eigenvalue weighted by Gasteiger charge is -2.08.